The highest BCUT2D eigenvalue weighted by Crippen LogP contribution is 2.42. The molecule has 0 fully saturated rings. The molecular weight excluding hydrogens is 294 g/mol. The molecule has 1 aromatic heterocycles. The van der Waals surface area contributed by atoms with E-state index in [1.165, 1.54) is 11.1 Å². The average molecular weight is 319 g/mol. The molecule has 3 heteroatoms. The molecule has 124 valence electrons. The van der Waals surface area contributed by atoms with E-state index in [4.69, 9.17) is 4.99 Å². The third-order valence-electron chi connectivity index (χ3n) is 4.73. The summed E-state index contributed by atoms with van der Waals surface area (Å²) in [5.74, 6) is 0. The average Bonchev–Trinajstić information content (AvgIpc) is 2.57. The van der Waals surface area contributed by atoms with Crippen LogP contribution in [0.15, 0.2) is 40.5 Å². The van der Waals surface area contributed by atoms with Gasteiger partial charge in [0.2, 0.25) is 0 Å². The Balaban J connectivity index is 2.27. The monoisotopic (exact) mass is 319 g/mol. The summed E-state index contributed by atoms with van der Waals surface area (Å²) in [5.41, 5.74) is 7.47. The van der Waals surface area contributed by atoms with Crippen molar-refractivity contribution in [2.24, 2.45) is 15.4 Å². The smallest absolute Gasteiger partial charge is 0.0965 e. The van der Waals surface area contributed by atoms with Crippen LogP contribution < -0.4 is 0 Å². The van der Waals surface area contributed by atoms with E-state index in [0.29, 0.717) is 0 Å². The lowest BCUT2D eigenvalue weighted by atomic mass is 9.85. The molecule has 0 saturated carbocycles. The van der Waals surface area contributed by atoms with E-state index in [2.05, 4.69) is 57.2 Å². The Morgan fingerprint density at radius 2 is 2.04 bits per heavy atom. The molecule has 1 aromatic carbocycles. The normalized spacial score (nSPS) is 14.8. The van der Waals surface area contributed by atoms with Crippen molar-refractivity contribution in [2.45, 2.75) is 47.5 Å². The van der Waals surface area contributed by atoms with Gasteiger partial charge in [-0.15, -0.1) is 0 Å². The molecule has 0 N–H and O–H groups in total. The second-order valence-electron chi connectivity index (χ2n) is 7.48. The third kappa shape index (κ3) is 2.79. The highest BCUT2D eigenvalue weighted by atomic mass is 14.8. The van der Waals surface area contributed by atoms with Crippen LogP contribution in [-0.4, -0.2) is 16.9 Å². The van der Waals surface area contributed by atoms with Gasteiger partial charge in [0.15, 0.2) is 0 Å². The van der Waals surface area contributed by atoms with Gasteiger partial charge in [-0.1, -0.05) is 33.4 Å². The van der Waals surface area contributed by atoms with Crippen LogP contribution in [0, 0.1) is 12.3 Å². The van der Waals surface area contributed by atoms with Gasteiger partial charge in [0.05, 0.1) is 16.9 Å². The zero-order valence-electron chi connectivity index (χ0n) is 15.3. The first-order valence-corrected chi connectivity index (χ1v) is 8.48. The molecule has 0 unspecified atom stereocenters. The van der Waals surface area contributed by atoms with Gasteiger partial charge in [-0.2, -0.15) is 0 Å². The minimum absolute atomic E-state index is 0.0120. The number of hydrogen-bond acceptors (Lipinski definition) is 3. The molecule has 1 aliphatic heterocycles. The maximum atomic E-state index is 5.00. The number of fused-ring (bicyclic) bond motifs is 3. The molecule has 1 aliphatic rings. The van der Waals surface area contributed by atoms with Gasteiger partial charge >= 0.3 is 0 Å². The van der Waals surface area contributed by atoms with E-state index >= 15 is 0 Å². The van der Waals surface area contributed by atoms with Crippen LogP contribution in [-0.2, 0) is 6.42 Å². The summed E-state index contributed by atoms with van der Waals surface area (Å²) in [6.07, 6.45) is 5.73. The van der Waals surface area contributed by atoms with Crippen LogP contribution >= 0.6 is 0 Å². The van der Waals surface area contributed by atoms with Crippen molar-refractivity contribution < 1.29 is 0 Å². The predicted molar refractivity (Wildman–Crippen MR) is 104 cm³/mol. The number of aromatic nitrogens is 1. The van der Waals surface area contributed by atoms with Crippen LogP contribution in [0.2, 0.25) is 0 Å². The Morgan fingerprint density at radius 1 is 1.29 bits per heavy atom. The van der Waals surface area contributed by atoms with E-state index < -0.39 is 0 Å². The zero-order valence-corrected chi connectivity index (χ0v) is 15.3. The van der Waals surface area contributed by atoms with Crippen LogP contribution in [0.5, 0.6) is 0 Å². The molecule has 2 aromatic rings. The fraction of sp³-hybridized carbons (Fsp3) is 0.381. The number of allylic oxidation sites excluding steroid dienone is 1. The molecule has 0 bridgehead atoms. The Labute approximate surface area is 144 Å². The number of benzene rings is 1. The highest BCUT2D eigenvalue weighted by Gasteiger charge is 2.21. The molecule has 0 spiro atoms. The Bertz CT molecular complexity index is 880. The Kier molecular flexibility index (Phi) is 4.12. The molecule has 3 rings (SSSR count). The number of pyridine rings is 1. The van der Waals surface area contributed by atoms with Crippen LogP contribution in [0.3, 0.4) is 0 Å². The molecule has 0 saturated heterocycles. The largest absolute Gasteiger partial charge is 0.259 e. The van der Waals surface area contributed by atoms with Crippen molar-refractivity contribution in [2.75, 3.05) is 0 Å². The SMILES string of the molecule is C=C(C(C)=Nc1c2c(c3ncccc3c1C)N=CCC2)C(C)(C)C. The van der Waals surface area contributed by atoms with Crippen molar-refractivity contribution >= 4 is 34.2 Å². The van der Waals surface area contributed by atoms with Gasteiger partial charge in [0, 0.05) is 29.1 Å². The first-order valence-electron chi connectivity index (χ1n) is 8.48. The lowest BCUT2D eigenvalue weighted by Gasteiger charge is -2.23. The standard InChI is InChI=1S/C21H25N3/c1-13-16-9-7-11-22-19(16)20-17(10-8-12-23-20)18(13)24-15(3)14(2)21(4,5)6/h7,9,11-12H,2,8,10H2,1,3-6H3. The van der Waals surface area contributed by atoms with E-state index in [9.17, 15) is 0 Å². The summed E-state index contributed by atoms with van der Waals surface area (Å²) in [4.78, 5) is 14.2. The van der Waals surface area contributed by atoms with Crippen molar-refractivity contribution in [3.63, 3.8) is 0 Å². The fourth-order valence-corrected chi connectivity index (χ4v) is 3.18. The Morgan fingerprint density at radius 3 is 2.75 bits per heavy atom. The van der Waals surface area contributed by atoms with E-state index in [1.807, 2.05) is 18.5 Å². The molecule has 0 aliphatic carbocycles. The van der Waals surface area contributed by atoms with Gasteiger partial charge in [0.25, 0.3) is 0 Å². The molecule has 3 nitrogen and oxygen atoms in total. The maximum Gasteiger partial charge on any atom is 0.0965 e. The summed E-state index contributed by atoms with van der Waals surface area (Å²) in [6, 6.07) is 4.08. The molecule has 0 radical (unpaired) electrons. The molecule has 2 heterocycles. The number of nitrogens with zero attached hydrogens (tertiary/aromatic N) is 3. The summed E-state index contributed by atoms with van der Waals surface area (Å²) < 4.78 is 0. The van der Waals surface area contributed by atoms with Crippen molar-refractivity contribution in [3.8, 4) is 0 Å². The first kappa shape index (κ1) is 16.6. The van der Waals surface area contributed by atoms with Crippen molar-refractivity contribution in [1.82, 2.24) is 4.98 Å². The zero-order chi connectivity index (χ0) is 17.5. The Hall–Kier alpha value is -2.29. The second kappa shape index (κ2) is 5.97. The van der Waals surface area contributed by atoms with Gasteiger partial charge in [-0.25, -0.2) is 0 Å². The number of rotatable bonds is 2. The lowest BCUT2D eigenvalue weighted by Crippen LogP contribution is -2.14. The van der Waals surface area contributed by atoms with E-state index in [1.54, 1.807) is 0 Å². The summed E-state index contributed by atoms with van der Waals surface area (Å²) in [7, 11) is 0. The molecule has 0 atom stereocenters. The van der Waals surface area contributed by atoms with E-state index in [0.717, 1.165) is 46.4 Å². The van der Waals surface area contributed by atoms with Gasteiger partial charge in [-0.05, 0) is 49.3 Å². The maximum absolute atomic E-state index is 5.00. The number of aryl methyl sites for hydroxylation is 1. The summed E-state index contributed by atoms with van der Waals surface area (Å²) >= 11 is 0. The highest BCUT2D eigenvalue weighted by molar-refractivity contribution is 6.04. The van der Waals surface area contributed by atoms with Crippen molar-refractivity contribution in [3.05, 3.63) is 41.6 Å². The minimum atomic E-state index is 0.0120. The lowest BCUT2D eigenvalue weighted by molar-refractivity contribution is 0.526. The van der Waals surface area contributed by atoms with Crippen LogP contribution in [0.25, 0.3) is 10.9 Å². The molecule has 0 amide bonds. The van der Waals surface area contributed by atoms with Gasteiger partial charge < -0.3 is 0 Å². The molecule has 24 heavy (non-hydrogen) atoms. The molecular formula is C21H25N3. The van der Waals surface area contributed by atoms with Crippen LogP contribution in [0.1, 0.15) is 45.2 Å². The van der Waals surface area contributed by atoms with Gasteiger partial charge in [-0.3, -0.25) is 15.0 Å². The minimum Gasteiger partial charge on any atom is -0.259 e. The topological polar surface area (TPSA) is 37.6 Å². The van der Waals surface area contributed by atoms with E-state index in [-0.39, 0.29) is 5.41 Å². The summed E-state index contributed by atoms with van der Waals surface area (Å²) in [6.45, 7) is 15.0. The quantitative estimate of drug-likeness (QED) is 0.636. The fourth-order valence-electron chi connectivity index (χ4n) is 3.18. The predicted octanol–water partition coefficient (Wildman–Crippen LogP) is 5.89. The summed E-state index contributed by atoms with van der Waals surface area (Å²) in [5, 5.41) is 1.13. The van der Waals surface area contributed by atoms with Gasteiger partial charge in [0.1, 0.15) is 0 Å². The second-order valence-corrected chi connectivity index (χ2v) is 7.48. The number of hydrogen-bond donors (Lipinski definition) is 0. The van der Waals surface area contributed by atoms with Crippen LogP contribution in [0.4, 0.5) is 11.4 Å². The van der Waals surface area contributed by atoms with Crippen molar-refractivity contribution in [1.29, 1.82) is 0 Å². The first-order chi connectivity index (χ1) is 11.3. The third-order valence-corrected chi connectivity index (χ3v) is 4.73. The number of aliphatic imine (C=N–C) groups is 2.